The Morgan fingerprint density at radius 2 is 1.53 bits per heavy atom. The number of aliphatic hydroxyl groups excluding tert-OH is 1. The van der Waals surface area contributed by atoms with E-state index in [-0.39, 0.29) is 24.7 Å². The zero-order chi connectivity index (χ0) is 14.8. The molecule has 0 heterocycles. The maximum Gasteiger partial charge on any atom is 0.200 e. The fourth-order valence-electron chi connectivity index (χ4n) is 4.13. The molecule has 1 fully saturated rings. The lowest BCUT2D eigenvalue weighted by Crippen LogP contribution is -2.51. The molecule has 0 aromatic heterocycles. The molecule has 3 nitrogen and oxygen atoms in total. The van der Waals surface area contributed by atoms with Crippen molar-refractivity contribution in [3.8, 4) is 0 Å². The van der Waals surface area contributed by atoms with Gasteiger partial charge in [0.2, 0.25) is 8.32 Å². The van der Waals surface area contributed by atoms with Crippen LogP contribution in [0.5, 0.6) is 0 Å². The molecule has 1 aliphatic rings. The second-order valence-corrected chi connectivity index (χ2v) is 12.6. The van der Waals surface area contributed by atoms with Gasteiger partial charge < -0.3 is 15.3 Å². The van der Waals surface area contributed by atoms with Gasteiger partial charge in [-0.2, -0.15) is 0 Å². The van der Waals surface area contributed by atoms with E-state index < -0.39 is 8.32 Å². The SMILES string of the molecule is CC(C)[Si](O[C@@H]1C[C@H](N)C[C@@H]1CO)(C(C)C)C(C)C. The van der Waals surface area contributed by atoms with Crippen molar-refractivity contribution in [1.29, 1.82) is 0 Å². The Labute approximate surface area is 120 Å². The Hall–Kier alpha value is 0.0969. The van der Waals surface area contributed by atoms with E-state index in [2.05, 4.69) is 41.5 Å². The number of rotatable bonds is 6. The van der Waals surface area contributed by atoms with Crippen molar-refractivity contribution in [2.45, 2.75) is 83.2 Å². The molecule has 1 saturated carbocycles. The minimum atomic E-state index is -1.85. The Morgan fingerprint density at radius 1 is 1.05 bits per heavy atom. The van der Waals surface area contributed by atoms with Crippen LogP contribution in [0.4, 0.5) is 0 Å². The highest BCUT2D eigenvalue weighted by molar-refractivity contribution is 6.77. The Morgan fingerprint density at radius 3 is 1.89 bits per heavy atom. The first-order valence-corrected chi connectivity index (χ1v) is 9.93. The fourth-order valence-corrected chi connectivity index (χ4v) is 9.76. The minimum Gasteiger partial charge on any atom is -0.413 e. The van der Waals surface area contributed by atoms with E-state index in [1.54, 1.807) is 0 Å². The van der Waals surface area contributed by atoms with Gasteiger partial charge in [-0.15, -0.1) is 0 Å². The van der Waals surface area contributed by atoms with Crippen molar-refractivity contribution >= 4 is 8.32 Å². The third-order valence-electron chi connectivity index (χ3n) is 4.96. The molecule has 0 spiro atoms. The van der Waals surface area contributed by atoms with Gasteiger partial charge in [0.25, 0.3) is 0 Å². The molecule has 3 atom stereocenters. The maximum absolute atomic E-state index is 9.55. The zero-order valence-corrected chi connectivity index (χ0v) is 14.5. The van der Waals surface area contributed by atoms with Gasteiger partial charge in [0.05, 0.1) is 6.10 Å². The van der Waals surface area contributed by atoms with Crippen molar-refractivity contribution in [3.05, 3.63) is 0 Å². The van der Waals surface area contributed by atoms with Gasteiger partial charge in [-0.25, -0.2) is 0 Å². The van der Waals surface area contributed by atoms with Crippen LogP contribution in [0.2, 0.25) is 16.6 Å². The lowest BCUT2D eigenvalue weighted by atomic mass is 10.1. The predicted octanol–water partition coefficient (Wildman–Crippen LogP) is 3.28. The van der Waals surface area contributed by atoms with Gasteiger partial charge in [-0.3, -0.25) is 0 Å². The smallest absolute Gasteiger partial charge is 0.200 e. The van der Waals surface area contributed by atoms with Gasteiger partial charge >= 0.3 is 0 Å². The standard InChI is InChI=1S/C15H33NO2Si/c1-10(2)19(11(3)4,12(5)6)18-15-8-14(16)7-13(15)9-17/h10-15,17H,7-9,16H2,1-6H3/t13-,14-,15-/m1/s1. The fraction of sp³-hybridized carbons (Fsp3) is 1.00. The summed E-state index contributed by atoms with van der Waals surface area (Å²) in [6.45, 7) is 14.0. The quantitative estimate of drug-likeness (QED) is 0.737. The van der Waals surface area contributed by atoms with Crippen LogP contribution in [-0.2, 0) is 4.43 Å². The minimum absolute atomic E-state index is 0.166. The second kappa shape index (κ2) is 6.70. The summed E-state index contributed by atoms with van der Waals surface area (Å²) in [5.41, 5.74) is 7.82. The van der Waals surface area contributed by atoms with Crippen LogP contribution >= 0.6 is 0 Å². The van der Waals surface area contributed by atoms with E-state index in [0.29, 0.717) is 16.6 Å². The molecule has 4 heteroatoms. The Bertz CT molecular complexity index is 260. The monoisotopic (exact) mass is 287 g/mol. The highest BCUT2D eigenvalue weighted by Crippen LogP contribution is 2.45. The molecule has 1 aliphatic carbocycles. The summed E-state index contributed by atoms with van der Waals surface area (Å²) in [6.07, 6.45) is 1.98. The third-order valence-corrected chi connectivity index (χ3v) is 11.1. The molecule has 0 radical (unpaired) electrons. The largest absolute Gasteiger partial charge is 0.413 e. The molecule has 0 unspecified atom stereocenters. The van der Waals surface area contributed by atoms with Crippen LogP contribution in [0.15, 0.2) is 0 Å². The lowest BCUT2D eigenvalue weighted by molar-refractivity contribution is 0.0941. The van der Waals surface area contributed by atoms with E-state index in [1.807, 2.05) is 0 Å². The van der Waals surface area contributed by atoms with Gasteiger partial charge in [-0.1, -0.05) is 41.5 Å². The van der Waals surface area contributed by atoms with E-state index in [4.69, 9.17) is 10.2 Å². The molecule has 0 aliphatic heterocycles. The molecule has 0 amide bonds. The highest BCUT2D eigenvalue weighted by atomic mass is 28.4. The Balaban J connectivity index is 2.94. The summed E-state index contributed by atoms with van der Waals surface area (Å²) in [7, 11) is -1.85. The molecule has 0 aromatic carbocycles. The number of hydrogen-bond donors (Lipinski definition) is 2. The first-order chi connectivity index (χ1) is 8.75. The third kappa shape index (κ3) is 3.41. The van der Waals surface area contributed by atoms with Gasteiger partial charge in [-0.05, 0) is 29.5 Å². The average Bonchev–Trinajstić information content (AvgIpc) is 2.64. The van der Waals surface area contributed by atoms with Crippen molar-refractivity contribution in [2.75, 3.05) is 6.61 Å². The first-order valence-electron chi connectivity index (χ1n) is 7.79. The molecule has 3 N–H and O–H groups in total. The van der Waals surface area contributed by atoms with E-state index in [9.17, 15) is 5.11 Å². The molecule has 1 rings (SSSR count). The molecular formula is C15H33NO2Si. The summed E-state index contributed by atoms with van der Waals surface area (Å²) in [6, 6.07) is 0.195. The number of aliphatic hydroxyl groups is 1. The van der Waals surface area contributed by atoms with Crippen LogP contribution in [0.3, 0.4) is 0 Å². The topological polar surface area (TPSA) is 55.5 Å². The molecule has 114 valence electrons. The van der Waals surface area contributed by atoms with E-state index >= 15 is 0 Å². The molecule has 0 aromatic rings. The van der Waals surface area contributed by atoms with E-state index in [1.165, 1.54) is 0 Å². The highest BCUT2D eigenvalue weighted by Gasteiger charge is 2.48. The summed E-state index contributed by atoms with van der Waals surface area (Å²) >= 11 is 0. The zero-order valence-electron chi connectivity index (χ0n) is 13.5. The predicted molar refractivity (Wildman–Crippen MR) is 83.7 cm³/mol. The molecule has 0 bridgehead atoms. The van der Waals surface area contributed by atoms with Gasteiger partial charge in [0.1, 0.15) is 0 Å². The summed E-state index contributed by atoms with van der Waals surface area (Å²) < 4.78 is 6.76. The van der Waals surface area contributed by atoms with Crippen LogP contribution in [0, 0.1) is 5.92 Å². The van der Waals surface area contributed by atoms with Crippen molar-refractivity contribution in [1.82, 2.24) is 0 Å². The van der Waals surface area contributed by atoms with Crippen molar-refractivity contribution in [2.24, 2.45) is 11.7 Å². The van der Waals surface area contributed by atoms with Crippen LogP contribution in [0.25, 0.3) is 0 Å². The molecular weight excluding hydrogens is 254 g/mol. The maximum atomic E-state index is 9.55. The van der Waals surface area contributed by atoms with Gasteiger partial charge in [0.15, 0.2) is 0 Å². The van der Waals surface area contributed by atoms with Crippen LogP contribution in [0.1, 0.15) is 54.4 Å². The van der Waals surface area contributed by atoms with E-state index in [0.717, 1.165) is 12.8 Å². The Kier molecular flexibility index (Phi) is 6.05. The lowest BCUT2D eigenvalue weighted by Gasteiger charge is -2.45. The number of nitrogens with two attached hydrogens (primary N) is 1. The van der Waals surface area contributed by atoms with Crippen LogP contribution < -0.4 is 5.73 Å². The van der Waals surface area contributed by atoms with Crippen LogP contribution in [-0.4, -0.2) is 32.2 Å². The summed E-state index contributed by atoms with van der Waals surface area (Å²) in [5.74, 6) is 0.234. The number of hydrogen-bond acceptors (Lipinski definition) is 3. The summed E-state index contributed by atoms with van der Waals surface area (Å²) in [4.78, 5) is 0. The summed E-state index contributed by atoms with van der Waals surface area (Å²) in [5, 5.41) is 9.55. The molecule has 0 saturated heterocycles. The second-order valence-electron chi connectivity index (χ2n) is 7.15. The normalized spacial score (nSPS) is 28.9. The average molecular weight is 288 g/mol. The van der Waals surface area contributed by atoms with Crippen molar-refractivity contribution < 1.29 is 9.53 Å². The first kappa shape index (κ1) is 17.1. The van der Waals surface area contributed by atoms with Crippen molar-refractivity contribution in [3.63, 3.8) is 0 Å². The molecule has 19 heavy (non-hydrogen) atoms. The van der Waals surface area contributed by atoms with Gasteiger partial charge in [0, 0.05) is 18.6 Å².